The molecule has 1 heterocycles. The number of nitrogens with one attached hydrogen (secondary N) is 1. The van der Waals surface area contributed by atoms with Crippen molar-refractivity contribution in [1.29, 1.82) is 0 Å². The molecule has 0 aromatic carbocycles. The Morgan fingerprint density at radius 1 is 1.35 bits per heavy atom. The number of nitrogens with two attached hydrogens (primary N) is 1. The number of carbonyl (C=O) groups is 1. The fraction of sp³-hybridized carbons (Fsp3) is 0.545. The van der Waals surface area contributed by atoms with Crippen LogP contribution in [0.1, 0.15) is 20.3 Å². The lowest BCUT2D eigenvalue weighted by Gasteiger charge is -2.18. The third-order valence-corrected chi connectivity index (χ3v) is 2.43. The Balaban J connectivity index is 2.32. The molecular weight excluding hydrogens is 218 g/mol. The van der Waals surface area contributed by atoms with Crippen molar-refractivity contribution >= 4 is 17.5 Å². The zero-order valence-electron chi connectivity index (χ0n) is 10.3. The van der Waals surface area contributed by atoms with Crippen LogP contribution in [0, 0.1) is 0 Å². The van der Waals surface area contributed by atoms with Gasteiger partial charge in [0.05, 0.1) is 12.4 Å². The summed E-state index contributed by atoms with van der Waals surface area (Å²) < 4.78 is 0. The van der Waals surface area contributed by atoms with Gasteiger partial charge in [0.1, 0.15) is 11.6 Å². The lowest BCUT2D eigenvalue weighted by atomic mass is 10.3. The normalized spacial score (nSPS) is 10.0. The number of anilines is 2. The summed E-state index contributed by atoms with van der Waals surface area (Å²) in [5.74, 6) is 1.16. The largest absolute Gasteiger partial charge is 0.382 e. The Morgan fingerprint density at radius 3 is 2.59 bits per heavy atom. The maximum atomic E-state index is 11.7. The van der Waals surface area contributed by atoms with Gasteiger partial charge < -0.3 is 16.0 Å². The molecule has 0 aliphatic heterocycles. The molecule has 0 aliphatic carbocycles. The van der Waals surface area contributed by atoms with Crippen LogP contribution in [0.5, 0.6) is 0 Å². The zero-order valence-corrected chi connectivity index (χ0v) is 10.3. The van der Waals surface area contributed by atoms with Crippen LogP contribution in [-0.4, -0.2) is 40.4 Å². The van der Waals surface area contributed by atoms with Gasteiger partial charge >= 0.3 is 0 Å². The fourth-order valence-electron chi connectivity index (χ4n) is 1.46. The molecule has 17 heavy (non-hydrogen) atoms. The van der Waals surface area contributed by atoms with Gasteiger partial charge in [0.2, 0.25) is 5.91 Å². The average molecular weight is 237 g/mol. The van der Waals surface area contributed by atoms with Gasteiger partial charge in [-0.05, 0) is 13.8 Å². The molecule has 0 saturated carbocycles. The summed E-state index contributed by atoms with van der Waals surface area (Å²) in [7, 11) is 0. The molecule has 1 rings (SSSR count). The van der Waals surface area contributed by atoms with Gasteiger partial charge in [0, 0.05) is 26.1 Å². The Bertz CT molecular complexity index is 347. The summed E-state index contributed by atoms with van der Waals surface area (Å²) in [6, 6.07) is 0. The van der Waals surface area contributed by atoms with Gasteiger partial charge in [-0.25, -0.2) is 9.97 Å². The molecule has 6 nitrogen and oxygen atoms in total. The SMILES string of the molecule is CCN(CC)C(=O)CCNc1cnc(N)cn1. The summed E-state index contributed by atoms with van der Waals surface area (Å²) >= 11 is 0. The second-order valence-electron chi connectivity index (χ2n) is 3.57. The molecule has 0 fully saturated rings. The highest BCUT2D eigenvalue weighted by molar-refractivity contribution is 5.76. The topological polar surface area (TPSA) is 84.1 Å². The molecule has 0 saturated heterocycles. The molecule has 0 unspecified atom stereocenters. The van der Waals surface area contributed by atoms with Crippen molar-refractivity contribution in [2.45, 2.75) is 20.3 Å². The Labute approximate surface area is 101 Å². The molecule has 6 heteroatoms. The molecule has 0 spiro atoms. The molecular formula is C11H19N5O. The third-order valence-electron chi connectivity index (χ3n) is 2.43. The Morgan fingerprint density at radius 2 is 2.06 bits per heavy atom. The number of nitrogen functional groups attached to an aromatic ring is 1. The maximum Gasteiger partial charge on any atom is 0.224 e. The van der Waals surface area contributed by atoms with E-state index in [1.54, 1.807) is 11.1 Å². The first-order valence-corrected chi connectivity index (χ1v) is 5.76. The molecule has 1 aromatic rings. The Kier molecular flexibility index (Phi) is 5.19. The molecule has 0 bridgehead atoms. The number of rotatable bonds is 6. The van der Waals surface area contributed by atoms with E-state index in [0.717, 1.165) is 13.1 Å². The van der Waals surface area contributed by atoms with E-state index in [4.69, 9.17) is 5.73 Å². The third kappa shape index (κ3) is 4.26. The Hall–Kier alpha value is -1.85. The van der Waals surface area contributed by atoms with Gasteiger partial charge in [-0.1, -0.05) is 0 Å². The molecule has 0 radical (unpaired) electrons. The molecule has 3 N–H and O–H groups in total. The van der Waals surface area contributed by atoms with Crippen LogP contribution in [0.3, 0.4) is 0 Å². The quantitative estimate of drug-likeness (QED) is 0.762. The first kappa shape index (κ1) is 13.2. The summed E-state index contributed by atoms with van der Waals surface area (Å²) in [5.41, 5.74) is 5.42. The molecule has 1 aromatic heterocycles. The van der Waals surface area contributed by atoms with Crippen LogP contribution in [0.2, 0.25) is 0 Å². The predicted octanol–water partition coefficient (Wildman–Crippen LogP) is 0.729. The van der Waals surface area contributed by atoms with Crippen LogP contribution in [-0.2, 0) is 4.79 Å². The number of aromatic nitrogens is 2. The van der Waals surface area contributed by atoms with Gasteiger partial charge in [-0.15, -0.1) is 0 Å². The number of amides is 1. The molecule has 0 atom stereocenters. The smallest absolute Gasteiger partial charge is 0.224 e. The van der Waals surface area contributed by atoms with Crippen molar-refractivity contribution < 1.29 is 4.79 Å². The minimum Gasteiger partial charge on any atom is -0.382 e. The highest BCUT2D eigenvalue weighted by Crippen LogP contribution is 2.02. The van der Waals surface area contributed by atoms with Gasteiger partial charge in [0.25, 0.3) is 0 Å². The molecule has 1 amide bonds. The summed E-state index contributed by atoms with van der Waals surface area (Å²) in [4.78, 5) is 21.4. The monoisotopic (exact) mass is 237 g/mol. The lowest BCUT2D eigenvalue weighted by Crippen LogP contribution is -2.31. The minimum absolute atomic E-state index is 0.144. The summed E-state index contributed by atoms with van der Waals surface area (Å²) in [6.07, 6.45) is 3.49. The van der Waals surface area contributed by atoms with Crippen molar-refractivity contribution in [2.75, 3.05) is 30.7 Å². The van der Waals surface area contributed by atoms with Crippen molar-refractivity contribution in [3.05, 3.63) is 12.4 Å². The number of hydrogen-bond acceptors (Lipinski definition) is 5. The highest BCUT2D eigenvalue weighted by Gasteiger charge is 2.08. The molecule has 0 aliphatic rings. The van der Waals surface area contributed by atoms with E-state index in [2.05, 4.69) is 15.3 Å². The fourth-order valence-corrected chi connectivity index (χ4v) is 1.46. The highest BCUT2D eigenvalue weighted by atomic mass is 16.2. The van der Waals surface area contributed by atoms with Crippen LogP contribution in [0.4, 0.5) is 11.6 Å². The first-order chi connectivity index (χ1) is 8.17. The molecule has 94 valence electrons. The van der Waals surface area contributed by atoms with E-state index in [1.807, 2.05) is 13.8 Å². The van der Waals surface area contributed by atoms with Crippen LogP contribution in [0.15, 0.2) is 12.4 Å². The maximum absolute atomic E-state index is 11.7. The standard InChI is InChI=1S/C11H19N5O/c1-3-16(4-2)11(17)5-6-13-10-8-14-9(12)7-15-10/h7-8H,3-6H2,1-2H3,(H2,12,14)(H,13,15). The van der Waals surface area contributed by atoms with Gasteiger partial charge in [-0.2, -0.15) is 0 Å². The second kappa shape index (κ2) is 6.67. The van der Waals surface area contributed by atoms with E-state index < -0.39 is 0 Å². The van der Waals surface area contributed by atoms with Crippen LogP contribution < -0.4 is 11.1 Å². The van der Waals surface area contributed by atoms with Crippen LogP contribution >= 0.6 is 0 Å². The predicted molar refractivity (Wildman–Crippen MR) is 67.5 cm³/mol. The average Bonchev–Trinajstić information content (AvgIpc) is 2.33. The first-order valence-electron chi connectivity index (χ1n) is 5.76. The number of hydrogen-bond donors (Lipinski definition) is 2. The van der Waals surface area contributed by atoms with Crippen LogP contribution in [0.25, 0.3) is 0 Å². The van der Waals surface area contributed by atoms with Crippen molar-refractivity contribution in [2.24, 2.45) is 0 Å². The van der Waals surface area contributed by atoms with E-state index in [0.29, 0.717) is 24.6 Å². The van der Waals surface area contributed by atoms with Gasteiger partial charge in [0.15, 0.2) is 0 Å². The van der Waals surface area contributed by atoms with Gasteiger partial charge in [-0.3, -0.25) is 4.79 Å². The van der Waals surface area contributed by atoms with E-state index >= 15 is 0 Å². The van der Waals surface area contributed by atoms with E-state index in [1.165, 1.54) is 6.20 Å². The van der Waals surface area contributed by atoms with Crippen molar-refractivity contribution in [1.82, 2.24) is 14.9 Å². The minimum atomic E-state index is 0.144. The van der Waals surface area contributed by atoms with E-state index in [-0.39, 0.29) is 5.91 Å². The lowest BCUT2D eigenvalue weighted by molar-refractivity contribution is -0.130. The summed E-state index contributed by atoms with van der Waals surface area (Å²) in [6.45, 7) is 5.99. The van der Waals surface area contributed by atoms with Crippen molar-refractivity contribution in [3.63, 3.8) is 0 Å². The summed E-state index contributed by atoms with van der Waals surface area (Å²) in [5, 5.41) is 3.03. The second-order valence-corrected chi connectivity index (χ2v) is 3.57. The van der Waals surface area contributed by atoms with E-state index in [9.17, 15) is 4.79 Å². The number of carbonyl (C=O) groups excluding carboxylic acids is 1. The number of nitrogens with zero attached hydrogens (tertiary/aromatic N) is 3. The zero-order chi connectivity index (χ0) is 12.7. The van der Waals surface area contributed by atoms with Crippen molar-refractivity contribution in [3.8, 4) is 0 Å².